The number of nitrogens with zero attached hydrogens (tertiary/aromatic N) is 1. The number of carbonyl (C=O) groups excluding carboxylic acids is 3. The molecule has 1 heterocycles. The van der Waals surface area contributed by atoms with E-state index in [9.17, 15) is 14.4 Å². The zero-order valence-corrected chi connectivity index (χ0v) is 9.97. The van der Waals surface area contributed by atoms with E-state index in [-0.39, 0.29) is 0 Å². The van der Waals surface area contributed by atoms with Crippen LogP contribution in [0.15, 0.2) is 0 Å². The number of urea groups is 1. The number of imide groups is 1. The minimum atomic E-state index is -1.50. The predicted molar refractivity (Wildman–Crippen MR) is 53.6 cm³/mol. The standard InChI is InChI=1S/C9H14N2O6/c1-9(17-4)7(13)11(8(14)10-9)5(15-2)6(12)16-3/h5H,1-4H3,(H,10,14)/t5-,9-/m1/s1. The van der Waals surface area contributed by atoms with Gasteiger partial charge >= 0.3 is 12.0 Å². The van der Waals surface area contributed by atoms with Gasteiger partial charge in [0.05, 0.1) is 7.11 Å². The average molecular weight is 246 g/mol. The van der Waals surface area contributed by atoms with Crippen LogP contribution in [0.25, 0.3) is 0 Å². The molecule has 0 radical (unpaired) electrons. The number of nitrogens with one attached hydrogen (secondary N) is 1. The number of esters is 1. The Labute approximate surface area is 97.8 Å². The van der Waals surface area contributed by atoms with Crippen molar-refractivity contribution in [3.8, 4) is 0 Å². The van der Waals surface area contributed by atoms with Crippen LogP contribution in [-0.2, 0) is 23.8 Å². The Morgan fingerprint density at radius 3 is 2.29 bits per heavy atom. The smallest absolute Gasteiger partial charge is 0.356 e. The second-order valence-electron chi connectivity index (χ2n) is 3.45. The minimum Gasteiger partial charge on any atom is -0.466 e. The molecule has 8 heteroatoms. The minimum absolute atomic E-state index is 0.620. The molecule has 0 aromatic carbocycles. The largest absolute Gasteiger partial charge is 0.466 e. The number of hydrogen-bond donors (Lipinski definition) is 1. The van der Waals surface area contributed by atoms with Gasteiger partial charge in [-0.25, -0.2) is 14.5 Å². The summed E-state index contributed by atoms with van der Waals surface area (Å²) in [6.07, 6.45) is -1.43. The van der Waals surface area contributed by atoms with E-state index in [1.807, 2.05) is 0 Å². The van der Waals surface area contributed by atoms with Gasteiger partial charge in [-0.3, -0.25) is 4.79 Å². The molecule has 0 bridgehead atoms. The SMILES string of the molecule is COC(=O)[C@@H](OC)N1C(=O)N[C@](C)(OC)C1=O. The van der Waals surface area contributed by atoms with Crippen molar-refractivity contribution in [1.82, 2.24) is 10.2 Å². The van der Waals surface area contributed by atoms with Crippen molar-refractivity contribution in [2.45, 2.75) is 18.9 Å². The highest BCUT2D eigenvalue weighted by Crippen LogP contribution is 2.21. The Bertz CT molecular complexity index is 357. The third kappa shape index (κ3) is 2.08. The first kappa shape index (κ1) is 13.4. The lowest BCUT2D eigenvalue weighted by molar-refractivity contribution is -0.170. The number of amides is 3. The summed E-state index contributed by atoms with van der Waals surface area (Å²) >= 11 is 0. The lowest BCUT2D eigenvalue weighted by atomic mass is 10.2. The van der Waals surface area contributed by atoms with Gasteiger partial charge in [-0.2, -0.15) is 0 Å². The van der Waals surface area contributed by atoms with E-state index in [2.05, 4.69) is 10.1 Å². The van der Waals surface area contributed by atoms with Crippen LogP contribution in [0.3, 0.4) is 0 Å². The second kappa shape index (κ2) is 4.68. The lowest BCUT2D eigenvalue weighted by Crippen LogP contribution is -2.49. The van der Waals surface area contributed by atoms with E-state index < -0.39 is 29.9 Å². The molecule has 0 aromatic rings. The molecule has 1 N–H and O–H groups in total. The second-order valence-corrected chi connectivity index (χ2v) is 3.45. The van der Waals surface area contributed by atoms with Crippen molar-refractivity contribution in [1.29, 1.82) is 0 Å². The summed E-state index contributed by atoms with van der Waals surface area (Å²) in [4.78, 5) is 35.5. The molecule has 0 unspecified atom stereocenters. The quantitative estimate of drug-likeness (QED) is 0.507. The van der Waals surface area contributed by atoms with Crippen LogP contribution in [0.1, 0.15) is 6.92 Å². The molecule has 96 valence electrons. The van der Waals surface area contributed by atoms with Crippen LogP contribution < -0.4 is 5.32 Å². The van der Waals surface area contributed by atoms with Crippen LogP contribution in [0, 0.1) is 0 Å². The fourth-order valence-electron chi connectivity index (χ4n) is 1.40. The van der Waals surface area contributed by atoms with Crippen LogP contribution >= 0.6 is 0 Å². The van der Waals surface area contributed by atoms with Gasteiger partial charge in [0.15, 0.2) is 0 Å². The van der Waals surface area contributed by atoms with Crippen molar-refractivity contribution in [3.05, 3.63) is 0 Å². The number of rotatable bonds is 4. The molecule has 0 aliphatic carbocycles. The number of ether oxygens (including phenoxy) is 3. The van der Waals surface area contributed by atoms with Crippen LogP contribution in [0.2, 0.25) is 0 Å². The van der Waals surface area contributed by atoms with Gasteiger partial charge in [-0.05, 0) is 6.92 Å². The maximum absolute atomic E-state index is 11.9. The van der Waals surface area contributed by atoms with E-state index in [0.29, 0.717) is 4.90 Å². The molecule has 1 aliphatic heterocycles. The van der Waals surface area contributed by atoms with E-state index in [0.717, 1.165) is 7.11 Å². The van der Waals surface area contributed by atoms with E-state index >= 15 is 0 Å². The molecule has 17 heavy (non-hydrogen) atoms. The van der Waals surface area contributed by atoms with Crippen LogP contribution in [0.5, 0.6) is 0 Å². The summed E-state index contributed by atoms with van der Waals surface area (Å²) in [5, 5.41) is 2.30. The van der Waals surface area contributed by atoms with Gasteiger partial charge in [0.2, 0.25) is 12.0 Å². The fraction of sp³-hybridized carbons (Fsp3) is 0.667. The molecule has 3 amide bonds. The number of methoxy groups -OCH3 is 3. The summed E-state index contributed by atoms with van der Waals surface area (Å²) in [7, 11) is 3.58. The van der Waals surface area contributed by atoms with Gasteiger partial charge in [-0.1, -0.05) is 0 Å². The van der Waals surface area contributed by atoms with Crippen molar-refractivity contribution < 1.29 is 28.6 Å². The monoisotopic (exact) mass is 246 g/mol. The molecule has 1 rings (SSSR count). The third-order valence-electron chi connectivity index (χ3n) is 2.46. The molecule has 2 atom stereocenters. The van der Waals surface area contributed by atoms with Crippen molar-refractivity contribution in [3.63, 3.8) is 0 Å². The van der Waals surface area contributed by atoms with E-state index in [1.165, 1.54) is 21.1 Å². The maximum atomic E-state index is 11.9. The summed E-state index contributed by atoms with van der Waals surface area (Å²) in [5.74, 6) is -1.57. The van der Waals surface area contributed by atoms with Crippen LogP contribution in [-0.4, -0.2) is 56.1 Å². The lowest BCUT2D eigenvalue weighted by Gasteiger charge is -2.23. The molecule has 0 saturated carbocycles. The summed E-state index contributed by atoms with van der Waals surface area (Å²) in [6.45, 7) is 1.37. The molecule has 1 fully saturated rings. The maximum Gasteiger partial charge on any atom is 0.356 e. The third-order valence-corrected chi connectivity index (χ3v) is 2.46. The zero-order chi connectivity index (χ0) is 13.2. The first-order valence-electron chi connectivity index (χ1n) is 4.73. The first-order valence-corrected chi connectivity index (χ1v) is 4.73. The normalized spacial score (nSPS) is 25.8. The topological polar surface area (TPSA) is 94.2 Å². The Morgan fingerprint density at radius 1 is 1.35 bits per heavy atom. The van der Waals surface area contributed by atoms with Crippen molar-refractivity contribution in [2.24, 2.45) is 0 Å². The number of carbonyl (C=O) groups is 3. The summed E-state index contributed by atoms with van der Waals surface area (Å²) < 4.78 is 14.1. The first-order chi connectivity index (χ1) is 7.91. The molecule has 1 aliphatic rings. The van der Waals surface area contributed by atoms with Gasteiger partial charge in [0, 0.05) is 14.2 Å². The van der Waals surface area contributed by atoms with Crippen LogP contribution in [0.4, 0.5) is 4.79 Å². The van der Waals surface area contributed by atoms with Crippen molar-refractivity contribution >= 4 is 17.9 Å². The van der Waals surface area contributed by atoms with Gasteiger partial charge < -0.3 is 19.5 Å². The summed E-state index contributed by atoms with van der Waals surface area (Å²) in [5.41, 5.74) is -1.50. The Morgan fingerprint density at radius 2 is 1.94 bits per heavy atom. The molecule has 0 spiro atoms. The van der Waals surface area contributed by atoms with Crippen molar-refractivity contribution in [2.75, 3.05) is 21.3 Å². The van der Waals surface area contributed by atoms with Gasteiger partial charge in [-0.15, -0.1) is 0 Å². The van der Waals surface area contributed by atoms with E-state index in [1.54, 1.807) is 0 Å². The molecular weight excluding hydrogens is 232 g/mol. The van der Waals surface area contributed by atoms with E-state index in [4.69, 9.17) is 9.47 Å². The highest BCUT2D eigenvalue weighted by molar-refractivity contribution is 6.08. The fourth-order valence-corrected chi connectivity index (χ4v) is 1.40. The Balaban J connectivity index is 3.02. The predicted octanol–water partition coefficient (Wildman–Crippen LogP) is -0.954. The Kier molecular flexibility index (Phi) is 3.69. The highest BCUT2D eigenvalue weighted by Gasteiger charge is 2.53. The molecule has 8 nitrogen and oxygen atoms in total. The molecular formula is C9H14N2O6. The number of hydrogen-bond acceptors (Lipinski definition) is 6. The van der Waals surface area contributed by atoms with Gasteiger partial charge in [0.1, 0.15) is 0 Å². The molecule has 0 aromatic heterocycles. The Hall–Kier alpha value is -1.67. The average Bonchev–Trinajstić information content (AvgIpc) is 2.54. The summed E-state index contributed by atoms with van der Waals surface area (Å²) in [6, 6.07) is -0.781. The van der Waals surface area contributed by atoms with Gasteiger partial charge in [0.25, 0.3) is 5.91 Å². The highest BCUT2D eigenvalue weighted by atomic mass is 16.6. The molecule has 1 saturated heterocycles. The zero-order valence-electron chi connectivity index (χ0n) is 9.97.